The largest absolute Gasteiger partial charge is 0.467 e. The van der Waals surface area contributed by atoms with Gasteiger partial charge in [0.15, 0.2) is 0 Å². The van der Waals surface area contributed by atoms with Crippen LogP contribution in [0.25, 0.3) is 0 Å². The Kier molecular flexibility index (Phi) is 2.00. The van der Waals surface area contributed by atoms with Crippen molar-refractivity contribution in [3.63, 3.8) is 0 Å². The predicted molar refractivity (Wildman–Crippen MR) is 32.8 cm³/mol. The summed E-state index contributed by atoms with van der Waals surface area (Å²) < 4.78 is 27.7. The SMILES string of the molecule is NC(F)(F)Oc1[c]cccn1. The van der Waals surface area contributed by atoms with Crippen molar-refractivity contribution in [1.29, 1.82) is 0 Å². The molecule has 1 aromatic rings. The maximum Gasteiger partial charge on any atom is 0.467 e. The molecule has 5 heteroatoms. The van der Waals surface area contributed by atoms with Crippen molar-refractivity contribution in [1.82, 2.24) is 4.98 Å². The van der Waals surface area contributed by atoms with Crippen molar-refractivity contribution in [2.45, 2.75) is 6.23 Å². The third kappa shape index (κ3) is 2.90. The first-order valence-electron chi connectivity index (χ1n) is 2.76. The van der Waals surface area contributed by atoms with Gasteiger partial charge in [-0.25, -0.2) is 10.7 Å². The first-order valence-corrected chi connectivity index (χ1v) is 2.76. The van der Waals surface area contributed by atoms with E-state index in [-0.39, 0.29) is 5.88 Å². The summed E-state index contributed by atoms with van der Waals surface area (Å²) in [6, 6.07) is 5.26. The predicted octanol–water partition coefficient (Wildman–Crippen LogP) is 0.770. The van der Waals surface area contributed by atoms with Crippen molar-refractivity contribution in [2.75, 3.05) is 0 Å². The van der Waals surface area contributed by atoms with Crippen LogP contribution in [0.3, 0.4) is 0 Å². The number of hydrogen-bond acceptors (Lipinski definition) is 3. The molecule has 0 fully saturated rings. The Morgan fingerprint density at radius 3 is 2.82 bits per heavy atom. The summed E-state index contributed by atoms with van der Waals surface area (Å²) in [7, 11) is 0. The molecule has 0 bridgehead atoms. The Hall–Kier alpha value is -1.23. The van der Waals surface area contributed by atoms with E-state index < -0.39 is 6.23 Å². The highest BCUT2D eigenvalue weighted by molar-refractivity contribution is 5.07. The van der Waals surface area contributed by atoms with Gasteiger partial charge in [0.25, 0.3) is 0 Å². The van der Waals surface area contributed by atoms with Crippen LogP contribution in [0.1, 0.15) is 0 Å². The third-order valence-electron chi connectivity index (χ3n) is 0.814. The van der Waals surface area contributed by atoms with Gasteiger partial charge in [-0.1, -0.05) is 0 Å². The number of nitrogens with zero attached hydrogens (tertiary/aromatic N) is 1. The van der Waals surface area contributed by atoms with Gasteiger partial charge in [0, 0.05) is 12.3 Å². The van der Waals surface area contributed by atoms with E-state index in [0.717, 1.165) is 0 Å². The van der Waals surface area contributed by atoms with Crippen molar-refractivity contribution >= 4 is 0 Å². The Balaban J connectivity index is 2.66. The number of nitrogens with two attached hydrogens (primary N) is 1. The van der Waals surface area contributed by atoms with Crippen LogP contribution in [0.2, 0.25) is 0 Å². The minimum atomic E-state index is -3.69. The number of ether oxygens (including phenoxy) is 1. The summed E-state index contributed by atoms with van der Waals surface area (Å²) in [5.74, 6) is -0.319. The van der Waals surface area contributed by atoms with Gasteiger partial charge in [0.05, 0.1) is 0 Å². The lowest BCUT2D eigenvalue weighted by Gasteiger charge is -2.09. The first kappa shape index (κ1) is 7.87. The highest BCUT2D eigenvalue weighted by Crippen LogP contribution is 2.11. The monoisotopic (exact) mass is 159 g/mol. The highest BCUT2D eigenvalue weighted by atomic mass is 19.3. The number of pyridine rings is 1. The molecular formula is C6H5F2N2O. The summed E-state index contributed by atoms with van der Waals surface area (Å²) in [6.07, 6.45) is -2.39. The molecule has 0 atom stereocenters. The Labute approximate surface area is 61.8 Å². The van der Waals surface area contributed by atoms with E-state index in [2.05, 4.69) is 21.5 Å². The fourth-order valence-electron chi connectivity index (χ4n) is 0.495. The quantitative estimate of drug-likeness (QED) is 0.512. The second-order valence-corrected chi connectivity index (χ2v) is 1.75. The van der Waals surface area contributed by atoms with Gasteiger partial charge in [0.2, 0.25) is 5.88 Å². The van der Waals surface area contributed by atoms with Gasteiger partial charge in [-0.2, -0.15) is 0 Å². The van der Waals surface area contributed by atoms with Crippen LogP contribution in [0.5, 0.6) is 5.88 Å². The number of aromatic nitrogens is 1. The Bertz CT molecular complexity index is 222. The maximum atomic E-state index is 11.9. The van der Waals surface area contributed by atoms with E-state index in [1.54, 1.807) is 0 Å². The average Bonchev–Trinajstić information content (AvgIpc) is 1.85. The minimum Gasteiger partial charge on any atom is -0.401 e. The summed E-state index contributed by atoms with van der Waals surface area (Å²) in [5, 5.41) is 0. The second-order valence-electron chi connectivity index (χ2n) is 1.75. The molecule has 0 aliphatic carbocycles. The lowest BCUT2D eigenvalue weighted by Crippen LogP contribution is -2.35. The first-order chi connectivity index (χ1) is 5.08. The van der Waals surface area contributed by atoms with Crippen LogP contribution in [-0.4, -0.2) is 11.2 Å². The summed E-state index contributed by atoms with van der Waals surface area (Å²) >= 11 is 0. The maximum absolute atomic E-state index is 11.9. The molecular weight excluding hydrogens is 154 g/mol. The van der Waals surface area contributed by atoms with Gasteiger partial charge in [0.1, 0.15) is 0 Å². The van der Waals surface area contributed by atoms with Gasteiger partial charge >= 0.3 is 6.23 Å². The number of halogens is 2. The average molecular weight is 159 g/mol. The number of hydrogen-bond donors (Lipinski definition) is 1. The third-order valence-corrected chi connectivity index (χ3v) is 0.814. The van der Waals surface area contributed by atoms with E-state index >= 15 is 0 Å². The number of rotatable bonds is 2. The van der Waals surface area contributed by atoms with E-state index in [1.807, 2.05) is 0 Å². The zero-order chi connectivity index (χ0) is 8.32. The molecule has 0 amide bonds. The molecule has 59 valence electrons. The molecule has 0 unspecified atom stereocenters. The molecule has 2 N–H and O–H groups in total. The van der Waals surface area contributed by atoms with Crippen LogP contribution in [-0.2, 0) is 0 Å². The molecule has 0 spiro atoms. The normalized spacial score (nSPS) is 11.2. The molecule has 1 aromatic heterocycles. The van der Waals surface area contributed by atoms with E-state index in [1.165, 1.54) is 18.3 Å². The van der Waals surface area contributed by atoms with Gasteiger partial charge < -0.3 is 4.74 Å². The van der Waals surface area contributed by atoms with Crippen LogP contribution in [0.4, 0.5) is 8.78 Å². The Morgan fingerprint density at radius 2 is 2.36 bits per heavy atom. The van der Waals surface area contributed by atoms with Crippen LogP contribution < -0.4 is 10.5 Å². The smallest absolute Gasteiger partial charge is 0.401 e. The highest BCUT2D eigenvalue weighted by Gasteiger charge is 2.24. The zero-order valence-electron chi connectivity index (χ0n) is 5.42. The summed E-state index contributed by atoms with van der Waals surface area (Å²) in [5.41, 5.74) is 4.25. The zero-order valence-corrected chi connectivity index (χ0v) is 5.42. The fraction of sp³-hybridized carbons (Fsp3) is 0.167. The molecule has 0 saturated carbocycles. The minimum absolute atomic E-state index is 0.319. The van der Waals surface area contributed by atoms with Gasteiger partial charge in [-0.05, 0) is 12.1 Å². The van der Waals surface area contributed by atoms with E-state index in [0.29, 0.717) is 0 Å². The molecule has 11 heavy (non-hydrogen) atoms. The van der Waals surface area contributed by atoms with E-state index in [4.69, 9.17) is 0 Å². The van der Waals surface area contributed by atoms with Crippen LogP contribution in [0, 0.1) is 6.07 Å². The van der Waals surface area contributed by atoms with Crippen molar-refractivity contribution in [2.24, 2.45) is 5.73 Å². The lowest BCUT2D eigenvalue weighted by molar-refractivity contribution is -0.172. The molecule has 1 rings (SSSR count). The topological polar surface area (TPSA) is 48.1 Å². The molecule has 0 aromatic carbocycles. The molecule has 3 nitrogen and oxygen atoms in total. The van der Waals surface area contributed by atoms with Crippen LogP contribution >= 0.6 is 0 Å². The molecule has 1 heterocycles. The lowest BCUT2D eigenvalue weighted by atomic mass is 10.5. The molecule has 0 aliphatic rings. The van der Waals surface area contributed by atoms with Gasteiger partial charge in [-0.15, -0.1) is 8.78 Å². The molecule has 1 radical (unpaired) electrons. The standard InChI is InChI=1S/C6H5F2N2O/c7-6(8,9)11-5-3-1-2-4-10-5/h1-2,4H,9H2. The van der Waals surface area contributed by atoms with Crippen LogP contribution in [0.15, 0.2) is 18.3 Å². The Morgan fingerprint density at radius 1 is 1.64 bits per heavy atom. The van der Waals surface area contributed by atoms with E-state index in [9.17, 15) is 8.78 Å². The molecule has 0 aliphatic heterocycles. The van der Waals surface area contributed by atoms with Crippen molar-refractivity contribution in [3.8, 4) is 5.88 Å². The van der Waals surface area contributed by atoms with Gasteiger partial charge in [-0.3, -0.25) is 0 Å². The summed E-state index contributed by atoms with van der Waals surface area (Å²) in [4.78, 5) is 3.43. The molecule has 0 saturated heterocycles. The summed E-state index contributed by atoms with van der Waals surface area (Å²) in [6.45, 7) is 0. The van der Waals surface area contributed by atoms with Crippen molar-refractivity contribution < 1.29 is 13.5 Å². The fourth-order valence-corrected chi connectivity index (χ4v) is 0.495. The second kappa shape index (κ2) is 2.79. The number of alkyl halides is 2. The van der Waals surface area contributed by atoms with Crippen molar-refractivity contribution in [3.05, 3.63) is 24.4 Å².